The summed E-state index contributed by atoms with van der Waals surface area (Å²) in [6.07, 6.45) is 1.87. The number of fused-ring (bicyclic) bond motifs is 1. The fourth-order valence-electron chi connectivity index (χ4n) is 3.21. The molecule has 1 atom stereocenters. The van der Waals surface area contributed by atoms with E-state index in [0.29, 0.717) is 0 Å². The predicted molar refractivity (Wildman–Crippen MR) is 98.4 cm³/mol. The number of hydrogen-bond acceptors (Lipinski definition) is 4. The first kappa shape index (κ1) is 17.1. The van der Waals surface area contributed by atoms with Crippen LogP contribution in [0.4, 0.5) is 0 Å². The number of halogens is 1. The molecule has 0 bridgehead atoms. The molecule has 1 unspecified atom stereocenters. The Bertz CT molecular complexity index is 733. The second-order valence-corrected chi connectivity index (χ2v) is 6.68. The average molecular weight is 392 g/mol. The molecule has 2 aromatic carbocycles. The lowest BCUT2D eigenvalue weighted by molar-refractivity contribution is 0.352. The van der Waals surface area contributed by atoms with E-state index in [1.54, 1.807) is 21.3 Å². The van der Waals surface area contributed by atoms with Crippen molar-refractivity contribution >= 4 is 15.9 Å². The average Bonchev–Trinajstić information content (AvgIpc) is 2.62. The molecular formula is C19H22BrNO3. The topological polar surface area (TPSA) is 39.7 Å². The molecule has 4 nitrogen and oxygen atoms in total. The smallest absolute Gasteiger partial charge is 0.161 e. The Balaban J connectivity index is 1.95. The van der Waals surface area contributed by atoms with E-state index in [0.717, 1.165) is 41.1 Å². The second-order valence-electron chi connectivity index (χ2n) is 5.82. The van der Waals surface area contributed by atoms with Gasteiger partial charge in [-0.15, -0.1) is 0 Å². The van der Waals surface area contributed by atoms with Crippen LogP contribution in [0, 0.1) is 0 Å². The SMILES string of the molecule is COc1ccc(Br)c(CC2NCCc3cc(OC)c(OC)cc32)c1. The van der Waals surface area contributed by atoms with Crippen LogP contribution in [-0.4, -0.2) is 27.9 Å². The lowest BCUT2D eigenvalue weighted by Crippen LogP contribution is -2.31. The molecular weight excluding hydrogens is 370 g/mol. The summed E-state index contributed by atoms with van der Waals surface area (Å²) in [5, 5.41) is 3.62. The Morgan fingerprint density at radius 2 is 1.79 bits per heavy atom. The maximum atomic E-state index is 5.48. The van der Waals surface area contributed by atoms with Crippen molar-refractivity contribution in [3.8, 4) is 17.2 Å². The van der Waals surface area contributed by atoms with Crippen molar-refractivity contribution in [3.63, 3.8) is 0 Å². The molecule has 0 aromatic heterocycles. The summed E-state index contributed by atoms with van der Waals surface area (Å²) in [6.45, 7) is 0.953. The lowest BCUT2D eigenvalue weighted by atomic mass is 9.90. The van der Waals surface area contributed by atoms with Gasteiger partial charge in [0.25, 0.3) is 0 Å². The van der Waals surface area contributed by atoms with Gasteiger partial charge in [0.2, 0.25) is 0 Å². The molecule has 1 aliphatic heterocycles. The molecule has 0 radical (unpaired) electrons. The third-order valence-electron chi connectivity index (χ3n) is 4.48. The van der Waals surface area contributed by atoms with Gasteiger partial charge in [-0.2, -0.15) is 0 Å². The van der Waals surface area contributed by atoms with Crippen LogP contribution >= 0.6 is 15.9 Å². The van der Waals surface area contributed by atoms with Crippen LogP contribution in [0.25, 0.3) is 0 Å². The number of methoxy groups -OCH3 is 3. The van der Waals surface area contributed by atoms with Crippen molar-refractivity contribution in [1.29, 1.82) is 0 Å². The second kappa shape index (κ2) is 7.45. The standard InChI is InChI=1S/C19H22BrNO3/c1-22-14-4-5-16(20)13(8-14)9-17-15-11-19(24-3)18(23-2)10-12(15)6-7-21-17/h4-5,8,10-11,17,21H,6-7,9H2,1-3H3. The van der Waals surface area contributed by atoms with E-state index in [2.05, 4.69) is 39.4 Å². The third kappa shape index (κ3) is 3.37. The molecule has 5 heteroatoms. The van der Waals surface area contributed by atoms with E-state index in [4.69, 9.17) is 14.2 Å². The molecule has 128 valence electrons. The van der Waals surface area contributed by atoms with Gasteiger partial charge in [-0.25, -0.2) is 0 Å². The minimum absolute atomic E-state index is 0.233. The molecule has 3 rings (SSSR count). The lowest BCUT2D eigenvalue weighted by Gasteiger charge is -2.28. The van der Waals surface area contributed by atoms with E-state index < -0.39 is 0 Å². The van der Waals surface area contributed by atoms with E-state index in [1.165, 1.54) is 16.7 Å². The van der Waals surface area contributed by atoms with Crippen molar-refractivity contribution in [2.45, 2.75) is 18.9 Å². The highest BCUT2D eigenvalue weighted by Gasteiger charge is 2.23. The fourth-order valence-corrected chi connectivity index (χ4v) is 3.61. The Hall–Kier alpha value is -1.72. The number of benzene rings is 2. The molecule has 24 heavy (non-hydrogen) atoms. The zero-order valence-electron chi connectivity index (χ0n) is 14.2. The van der Waals surface area contributed by atoms with E-state index in [-0.39, 0.29) is 6.04 Å². The van der Waals surface area contributed by atoms with E-state index in [1.807, 2.05) is 12.1 Å². The van der Waals surface area contributed by atoms with Crippen LogP contribution in [0.5, 0.6) is 17.2 Å². The van der Waals surface area contributed by atoms with Gasteiger partial charge < -0.3 is 19.5 Å². The van der Waals surface area contributed by atoms with Gasteiger partial charge >= 0.3 is 0 Å². The minimum Gasteiger partial charge on any atom is -0.497 e. The van der Waals surface area contributed by atoms with Gasteiger partial charge in [-0.3, -0.25) is 0 Å². The molecule has 0 spiro atoms. The number of nitrogens with one attached hydrogen (secondary N) is 1. The van der Waals surface area contributed by atoms with E-state index >= 15 is 0 Å². The van der Waals surface area contributed by atoms with Crippen LogP contribution in [0.1, 0.15) is 22.7 Å². The quantitative estimate of drug-likeness (QED) is 0.838. The predicted octanol–water partition coefficient (Wildman–Crippen LogP) is 3.90. The Kier molecular flexibility index (Phi) is 5.31. The Labute approximate surface area is 151 Å². The Morgan fingerprint density at radius 3 is 2.50 bits per heavy atom. The van der Waals surface area contributed by atoms with Gasteiger partial charge in [-0.1, -0.05) is 15.9 Å². The summed E-state index contributed by atoms with van der Waals surface area (Å²) in [4.78, 5) is 0. The van der Waals surface area contributed by atoms with Gasteiger partial charge in [0.1, 0.15) is 5.75 Å². The molecule has 1 aliphatic rings. The van der Waals surface area contributed by atoms with Crippen molar-refractivity contribution in [2.75, 3.05) is 27.9 Å². The van der Waals surface area contributed by atoms with Crippen LogP contribution in [-0.2, 0) is 12.8 Å². The van der Waals surface area contributed by atoms with Crippen molar-refractivity contribution in [1.82, 2.24) is 5.32 Å². The minimum atomic E-state index is 0.233. The van der Waals surface area contributed by atoms with Gasteiger partial charge in [0.05, 0.1) is 21.3 Å². The fraction of sp³-hybridized carbons (Fsp3) is 0.368. The molecule has 0 aliphatic carbocycles. The first-order valence-corrected chi connectivity index (χ1v) is 8.76. The van der Waals surface area contributed by atoms with Crippen LogP contribution in [0.15, 0.2) is 34.8 Å². The number of rotatable bonds is 5. The molecule has 0 amide bonds. The molecule has 1 heterocycles. The largest absolute Gasteiger partial charge is 0.497 e. The van der Waals surface area contributed by atoms with Crippen molar-refractivity contribution in [2.24, 2.45) is 0 Å². The molecule has 2 aromatic rings. The molecule has 0 saturated heterocycles. The molecule has 0 saturated carbocycles. The van der Waals surface area contributed by atoms with Gasteiger partial charge in [0.15, 0.2) is 11.5 Å². The highest BCUT2D eigenvalue weighted by molar-refractivity contribution is 9.10. The van der Waals surface area contributed by atoms with Gasteiger partial charge in [-0.05, 0) is 66.4 Å². The molecule has 0 fully saturated rings. The Morgan fingerprint density at radius 1 is 1.04 bits per heavy atom. The zero-order chi connectivity index (χ0) is 17.1. The van der Waals surface area contributed by atoms with Crippen LogP contribution in [0.2, 0.25) is 0 Å². The maximum Gasteiger partial charge on any atom is 0.161 e. The summed E-state index contributed by atoms with van der Waals surface area (Å²) >= 11 is 3.65. The number of ether oxygens (including phenoxy) is 3. The first-order chi connectivity index (χ1) is 11.7. The monoisotopic (exact) mass is 391 g/mol. The normalized spacial score (nSPS) is 16.4. The highest BCUT2D eigenvalue weighted by Crippen LogP contribution is 2.37. The third-order valence-corrected chi connectivity index (χ3v) is 5.26. The summed E-state index contributed by atoms with van der Waals surface area (Å²) in [7, 11) is 5.04. The summed E-state index contributed by atoms with van der Waals surface area (Å²) in [5.74, 6) is 2.44. The highest BCUT2D eigenvalue weighted by atomic mass is 79.9. The molecule has 1 N–H and O–H groups in total. The van der Waals surface area contributed by atoms with Crippen LogP contribution < -0.4 is 19.5 Å². The summed E-state index contributed by atoms with van der Waals surface area (Å²) < 4.78 is 17.4. The maximum absolute atomic E-state index is 5.48. The van der Waals surface area contributed by atoms with E-state index in [9.17, 15) is 0 Å². The van der Waals surface area contributed by atoms with Gasteiger partial charge in [0, 0.05) is 10.5 Å². The zero-order valence-corrected chi connectivity index (χ0v) is 15.8. The first-order valence-electron chi connectivity index (χ1n) is 7.97. The van der Waals surface area contributed by atoms with Crippen molar-refractivity contribution in [3.05, 3.63) is 51.5 Å². The summed E-state index contributed by atoms with van der Waals surface area (Å²) in [6, 6.07) is 10.5. The van der Waals surface area contributed by atoms with Crippen molar-refractivity contribution < 1.29 is 14.2 Å². The number of hydrogen-bond donors (Lipinski definition) is 1. The summed E-state index contributed by atoms with van der Waals surface area (Å²) in [5.41, 5.74) is 3.80. The van der Waals surface area contributed by atoms with Crippen LogP contribution in [0.3, 0.4) is 0 Å².